The second kappa shape index (κ2) is 10.7. The highest BCUT2D eigenvalue weighted by atomic mass is 16.4. The molecule has 0 radical (unpaired) electrons. The minimum absolute atomic E-state index is 0.0103. The Bertz CT molecular complexity index is 1150. The van der Waals surface area contributed by atoms with Crippen molar-refractivity contribution in [3.05, 3.63) is 41.6 Å². The fraction of sp³-hybridized carbons (Fsp3) is 0.517. The van der Waals surface area contributed by atoms with Crippen LogP contribution in [0.25, 0.3) is 11.1 Å². The van der Waals surface area contributed by atoms with Crippen LogP contribution < -0.4 is 10.2 Å². The maximum Gasteiger partial charge on any atom is 0.354 e. The maximum absolute atomic E-state index is 12.0. The normalized spacial score (nSPS) is 19.4. The lowest BCUT2D eigenvalue weighted by Gasteiger charge is -2.31. The molecule has 0 atom stereocenters. The number of pyridine rings is 1. The van der Waals surface area contributed by atoms with Crippen molar-refractivity contribution >= 4 is 23.2 Å². The molecule has 7 nitrogen and oxygen atoms in total. The monoisotopic (exact) mass is 485 g/mol. The fourth-order valence-electron chi connectivity index (χ4n) is 5.72. The molecular formula is C29H35N5O2. The summed E-state index contributed by atoms with van der Waals surface area (Å²) in [5.41, 5.74) is 4.13. The average Bonchev–Trinajstić information content (AvgIpc) is 2.88. The summed E-state index contributed by atoms with van der Waals surface area (Å²) in [6.45, 7) is 1.73. The summed E-state index contributed by atoms with van der Waals surface area (Å²) in [7, 11) is 0. The largest absolute Gasteiger partial charge is 0.477 e. The van der Waals surface area contributed by atoms with Crippen LogP contribution in [0.15, 0.2) is 30.3 Å². The van der Waals surface area contributed by atoms with Crippen LogP contribution in [0, 0.1) is 28.6 Å². The van der Waals surface area contributed by atoms with Gasteiger partial charge in [0.2, 0.25) is 0 Å². The third-order valence-electron chi connectivity index (χ3n) is 8.19. The summed E-state index contributed by atoms with van der Waals surface area (Å²) in [6, 6.07) is 12.5. The van der Waals surface area contributed by atoms with Crippen molar-refractivity contribution < 1.29 is 9.90 Å². The number of anilines is 2. The van der Waals surface area contributed by atoms with E-state index in [0.717, 1.165) is 93.3 Å². The van der Waals surface area contributed by atoms with Gasteiger partial charge in [-0.25, -0.2) is 9.78 Å². The van der Waals surface area contributed by atoms with Crippen LogP contribution in [0.1, 0.15) is 80.3 Å². The van der Waals surface area contributed by atoms with Crippen LogP contribution in [-0.2, 0) is 0 Å². The highest BCUT2D eigenvalue weighted by Crippen LogP contribution is 2.38. The van der Waals surface area contributed by atoms with Crippen LogP contribution in [0.2, 0.25) is 0 Å². The number of aromatic nitrogens is 1. The van der Waals surface area contributed by atoms with Crippen molar-refractivity contribution in [2.75, 3.05) is 23.3 Å². The Labute approximate surface area is 213 Å². The molecule has 2 aliphatic carbocycles. The molecule has 5 rings (SSSR count). The number of piperidine rings is 1. The minimum atomic E-state index is -1.05. The topological polar surface area (TPSA) is 113 Å². The summed E-state index contributed by atoms with van der Waals surface area (Å²) >= 11 is 0. The molecule has 0 spiro atoms. The lowest BCUT2D eigenvalue weighted by molar-refractivity contribution is 0.0690. The number of carbonyl (C=O) groups is 1. The summed E-state index contributed by atoms with van der Waals surface area (Å²) in [5, 5.41) is 31.7. The number of nitriles is 1. The van der Waals surface area contributed by atoms with E-state index < -0.39 is 5.97 Å². The van der Waals surface area contributed by atoms with Gasteiger partial charge in [-0.1, -0.05) is 37.8 Å². The van der Waals surface area contributed by atoms with Crippen LogP contribution in [0.3, 0.4) is 0 Å². The van der Waals surface area contributed by atoms with Gasteiger partial charge in [-0.3, -0.25) is 0 Å². The van der Waals surface area contributed by atoms with Gasteiger partial charge in [0.05, 0.1) is 6.07 Å². The zero-order valence-corrected chi connectivity index (χ0v) is 20.8. The molecule has 7 heteroatoms. The predicted molar refractivity (Wildman–Crippen MR) is 142 cm³/mol. The Balaban J connectivity index is 1.51. The molecule has 1 aromatic carbocycles. The number of aromatic carboxylic acids is 1. The molecule has 2 heterocycles. The first-order valence-corrected chi connectivity index (χ1v) is 13.4. The van der Waals surface area contributed by atoms with E-state index in [9.17, 15) is 15.2 Å². The number of hydrogen-bond donors (Lipinski definition) is 3. The fourth-order valence-corrected chi connectivity index (χ4v) is 5.72. The molecule has 36 heavy (non-hydrogen) atoms. The van der Waals surface area contributed by atoms with Gasteiger partial charge in [0.25, 0.3) is 0 Å². The molecule has 2 saturated carbocycles. The zero-order valence-electron chi connectivity index (χ0n) is 20.8. The van der Waals surface area contributed by atoms with E-state index >= 15 is 0 Å². The van der Waals surface area contributed by atoms with Gasteiger partial charge in [0, 0.05) is 47.9 Å². The van der Waals surface area contributed by atoms with Gasteiger partial charge < -0.3 is 20.7 Å². The first-order valence-electron chi connectivity index (χ1n) is 13.4. The van der Waals surface area contributed by atoms with Gasteiger partial charge in [-0.15, -0.1) is 0 Å². The Morgan fingerprint density at radius 3 is 2.31 bits per heavy atom. The van der Waals surface area contributed by atoms with Crippen LogP contribution in [0.5, 0.6) is 0 Å². The molecule has 0 amide bonds. The van der Waals surface area contributed by atoms with Gasteiger partial charge in [0.1, 0.15) is 5.82 Å². The van der Waals surface area contributed by atoms with E-state index in [-0.39, 0.29) is 23.6 Å². The highest BCUT2D eigenvalue weighted by molar-refractivity contribution is 6.10. The summed E-state index contributed by atoms with van der Waals surface area (Å²) in [6.07, 6.45) is 10.5. The van der Waals surface area contributed by atoms with Gasteiger partial charge in [-0.05, 0) is 67.9 Å². The van der Waals surface area contributed by atoms with Crippen LogP contribution in [-0.4, -0.2) is 40.9 Å². The Kier molecular flexibility index (Phi) is 7.22. The van der Waals surface area contributed by atoms with E-state index in [2.05, 4.69) is 33.4 Å². The Morgan fingerprint density at radius 1 is 1.03 bits per heavy atom. The SMILES string of the molecule is N#CC1CCN(c2ccc(-c3cc(C(=O)O)nc(NC4CCCCC4)c3C(=N)C3CCC3)cc2)CC1. The number of nitrogens with zero attached hydrogens (tertiary/aromatic N) is 3. The first-order chi connectivity index (χ1) is 17.5. The van der Waals surface area contributed by atoms with Crippen LogP contribution >= 0.6 is 0 Å². The van der Waals surface area contributed by atoms with Crippen molar-refractivity contribution in [1.29, 1.82) is 10.7 Å². The number of carboxylic acids is 1. The van der Waals surface area contributed by atoms with E-state index in [1.165, 1.54) is 6.42 Å². The molecule has 1 saturated heterocycles. The molecular weight excluding hydrogens is 450 g/mol. The molecule has 3 fully saturated rings. The van der Waals surface area contributed by atoms with E-state index in [1.807, 2.05) is 12.1 Å². The highest BCUT2D eigenvalue weighted by Gasteiger charge is 2.30. The maximum atomic E-state index is 12.0. The van der Waals surface area contributed by atoms with Crippen molar-refractivity contribution in [2.24, 2.45) is 11.8 Å². The average molecular weight is 486 g/mol. The molecule has 3 aliphatic rings. The standard InChI is InChI=1S/C29H35N5O2/c30-18-19-13-15-34(16-14-19)23-11-9-20(10-12-23)24-17-25(29(35)36)33-28(32-22-7-2-1-3-8-22)26(24)27(31)21-5-4-6-21/h9-12,17,19,21-22,31H,1-8,13-16H2,(H,32,33)(H,35,36). The summed E-state index contributed by atoms with van der Waals surface area (Å²) < 4.78 is 0. The number of nitrogens with one attached hydrogen (secondary N) is 2. The zero-order chi connectivity index (χ0) is 25.1. The third kappa shape index (κ3) is 5.09. The molecule has 2 aromatic rings. The van der Waals surface area contributed by atoms with Gasteiger partial charge in [0.15, 0.2) is 5.69 Å². The number of rotatable bonds is 7. The quantitative estimate of drug-likeness (QED) is 0.409. The number of hydrogen-bond acceptors (Lipinski definition) is 6. The summed E-state index contributed by atoms with van der Waals surface area (Å²) in [5.74, 6) is -0.159. The van der Waals surface area contributed by atoms with Crippen molar-refractivity contribution in [3.63, 3.8) is 0 Å². The Hall–Kier alpha value is -3.40. The van der Waals surface area contributed by atoms with E-state index in [1.54, 1.807) is 6.07 Å². The second-order valence-electron chi connectivity index (χ2n) is 10.5. The van der Waals surface area contributed by atoms with Crippen molar-refractivity contribution in [3.8, 4) is 17.2 Å². The lowest BCUT2D eigenvalue weighted by atomic mass is 9.77. The van der Waals surface area contributed by atoms with Crippen LogP contribution in [0.4, 0.5) is 11.5 Å². The van der Waals surface area contributed by atoms with Crippen molar-refractivity contribution in [2.45, 2.75) is 70.3 Å². The Morgan fingerprint density at radius 2 is 1.72 bits per heavy atom. The molecule has 0 bridgehead atoms. The third-order valence-corrected chi connectivity index (χ3v) is 8.19. The van der Waals surface area contributed by atoms with E-state index in [4.69, 9.17) is 5.41 Å². The smallest absolute Gasteiger partial charge is 0.354 e. The van der Waals surface area contributed by atoms with E-state index in [0.29, 0.717) is 11.5 Å². The molecule has 188 valence electrons. The molecule has 0 unspecified atom stereocenters. The lowest BCUT2D eigenvalue weighted by Crippen LogP contribution is -2.33. The van der Waals surface area contributed by atoms with Crippen molar-refractivity contribution in [1.82, 2.24) is 4.98 Å². The summed E-state index contributed by atoms with van der Waals surface area (Å²) in [4.78, 5) is 18.9. The predicted octanol–water partition coefficient (Wildman–Crippen LogP) is 6.10. The number of carboxylic acid groups (broad SMARTS) is 1. The number of benzene rings is 1. The second-order valence-corrected chi connectivity index (χ2v) is 10.5. The minimum Gasteiger partial charge on any atom is -0.477 e. The molecule has 1 aliphatic heterocycles. The molecule has 3 N–H and O–H groups in total. The molecule has 1 aromatic heterocycles. The van der Waals surface area contributed by atoms with Gasteiger partial charge in [-0.2, -0.15) is 5.26 Å². The van der Waals surface area contributed by atoms with Gasteiger partial charge >= 0.3 is 5.97 Å². The first kappa shape index (κ1) is 24.3.